The topological polar surface area (TPSA) is 37.3 Å². The van der Waals surface area contributed by atoms with E-state index in [0.29, 0.717) is 4.90 Å². The molecule has 1 aromatic carbocycles. The van der Waals surface area contributed by atoms with E-state index >= 15 is 0 Å². The van der Waals surface area contributed by atoms with Crippen LogP contribution in [0.25, 0.3) is 0 Å². The maximum atomic E-state index is 10.6. The van der Waals surface area contributed by atoms with Crippen molar-refractivity contribution in [2.45, 2.75) is 11.8 Å². The van der Waals surface area contributed by atoms with Gasteiger partial charge in [-0.3, -0.25) is 0 Å². The zero-order chi connectivity index (χ0) is 8.43. The van der Waals surface area contributed by atoms with Crippen molar-refractivity contribution in [3.8, 4) is 0 Å². The van der Waals surface area contributed by atoms with Crippen LogP contribution < -0.4 is 29.6 Å². The number of benzene rings is 1. The fourth-order valence-electron chi connectivity index (χ4n) is 0.726. The number of hydrogen-bond donors (Lipinski definition) is 1. The molecule has 0 spiro atoms. The van der Waals surface area contributed by atoms with E-state index in [2.05, 4.69) is 15.9 Å². The second-order valence-electron chi connectivity index (χ2n) is 2.16. The predicted octanol–water partition coefficient (Wildman–Crippen LogP) is -0.545. The van der Waals surface area contributed by atoms with E-state index in [1.807, 2.05) is 6.92 Å². The van der Waals surface area contributed by atoms with E-state index < -0.39 is 11.1 Å². The minimum Gasteiger partial charge on any atom is -1.00 e. The Labute approximate surface area is 106 Å². The van der Waals surface area contributed by atoms with E-state index in [9.17, 15) is 4.21 Å². The Kier molecular flexibility index (Phi) is 5.89. The van der Waals surface area contributed by atoms with Crippen LogP contribution in [0.4, 0.5) is 0 Å². The maximum absolute atomic E-state index is 10.6. The van der Waals surface area contributed by atoms with Crippen LogP contribution in [0.5, 0.6) is 0 Å². The van der Waals surface area contributed by atoms with Crippen LogP contribution >= 0.6 is 15.9 Å². The summed E-state index contributed by atoms with van der Waals surface area (Å²) in [5, 5.41) is 0. The van der Waals surface area contributed by atoms with Crippen molar-refractivity contribution in [3.63, 3.8) is 0 Å². The van der Waals surface area contributed by atoms with E-state index in [4.69, 9.17) is 4.55 Å². The van der Waals surface area contributed by atoms with Gasteiger partial charge in [-0.15, -0.1) is 0 Å². The van der Waals surface area contributed by atoms with Gasteiger partial charge in [0, 0.05) is 4.47 Å². The summed E-state index contributed by atoms with van der Waals surface area (Å²) in [5.74, 6) is 0. The molecule has 0 radical (unpaired) electrons. The van der Waals surface area contributed by atoms with Crippen LogP contribution in [0.3, 0.4) is 0 Å². The van der Waals surface area contributed by atoms with E-state index in [1.165, 1.54) is 0 Å². The molecule has 5 heteroatoms. The monoisotopic (exact) mass is 258 g/mol. The molecular formula is C7H8BrNaO2S. The first-order valence-corrected chi connectivity index (χ1v) is 4.88. The molecule has 0 aliphatic rings. The summed E-state index contributed by atoms with van der Waals surface area (Å²) in [6.07, 6.45) is 0. The third-order valence-electron chi connectivity index (χ3n) is 1.33. The molecular weight excluding hydrogens is 251 g/mol. The number of halogens is 1. The molecule has 1 rings (SSSR count). The Morgan fingerprint density at radius 2 is 2.17 bits per heavy atom. The van der Waals surface area contributed by atoms with Crippen LogP contribution in [0.1, 0.15) is 6.99 Å². The zero-order valence-corrected chi connectivity index (χ0v) is 11.3. The second kappa shape index (κ2) is 5.52. The van der Waals surface area contributed by atoms with Crippen LogP contribution in [0.15, 0.2) is 27.6 Å². The van der Waals surface area contributed by atoms with Crippen LogP contribution in [0, 0.1) is 6.92 Å². The van der Waals surface area contributed by atoms with Crippen molar-refractivity contribution in [3.05, 3.63) is 28.2 Å². The van der Waals surface area contributed by atoms with Gasteiger partial charge in [-0.2, -0.15) is 0 Å². The molecule has 0 saturated carbocycles. The van der Waals surface area contributed by atoms with Gasteiger partial charge < -0.3 is 5.98 Å². The first-order valence-electron chi connectivity index (χ1n) is 2.98. The first-order chi connectivity index (χ1) is 5.11. The van der Waals surface area contributed by atoms with Gasteiger partial charge in [0.05, 0.1) is 4.90 Å². The summed E-state index contributed by atoms with van der Waals surface area (Å²) in [6.45, 7) is 1.88. The molecule has 2 nitrogen and oxygen atoms in total. The van der Waals surface area contributed by atoms with Gasteiger partial charge in [-0.1, -0.05) is 15.9 Å². The summed E-state index contributed by atoms with van der Waals surface area (Å²) in [7, 11) is 0. The SMILES string of the molecule is Cc1cc(S(=O)O)ccc1Br.[H-].[Na+]. The zero-order valence-electron chi connectivity index (χ0n) is 7.87. The van der Waals surface area contributed by atoms with Crippen LogP contribution in [-0.2, 0) is 11.1 Å². The number of aryl methyl sites for hydroxylation is 1. The molecule has 0 bridgehead atoms. The van der Waals surface area contributed by atoms with Crippen molar-refractivity contribution in [1.29, 1.82) is 0 Å². The second-order valence-corrected chi connectivity index (χ2v) is 3.98. The summed E-state index contributed by atoms with van der Waals surface area (Å²) in [5.41, 5.74) is 0.963. The smallest absolute Gasteiger partial charge is 1.00 e. The standard InChI is InChI=1S/C7H7BrO2S.Na.H/c1-5-4-6(11(9)10)2-3-7(5)8;;/h2-4H,1H3,(H,9,10);;/q;+1;-1. The summed E-state index contributed by atoms with van der Waals surface area (Å²) >= 11 is 1.43. The molecule has 0 aliphatic heterocycles. The van der Waals surface area contributed by atoms with Crippen LogP contribution in [-0.4, -0.2) is 8.76 Å². The van der Waals surface area contributed by atoms with Crippen molar-refractivity contribution < 1.29 is 39.7 Å². The Hall–Kier alpha value is 0.810. The summed E-state index contributed by atoms with van der Waals surface area (Å²) in [4.78, 5) is 0.436. The maximum Gasteiger partial charge on any atom is 1.00 e. The van der Waals surface area contributed by atoms with Crippen LogP contribution in [0.2, 0.25) is 0 Å². The molecule has 1 atom stereocenters. The third-order valence-corrected chi connectivity index (χ3v) is 2.88. The normalized spacial score (nSPS) is 11.9. The van der Waals surface area contributed by atoms with Gasteiger partial charge in [-0.25, -0.2) is 4.21 Å². The molecule has 0 heterocycles. The van der Waals surface area contributed by atoms with Crippen molar-refractivity contribution in [2.75, 3.05) is 0 Å². The van der Waals surface area contributed by atoms with Gasteiger partial charge in [0.25, 0.3) is 0 Å². The van der Waals surface area contributed by atoms with Crippen molar-refractivity contribution >= 4 is 27.0 Å². The average Bonchev–Trinajstić information content (AvgIpc) is 1.94. The molecule has 1 aromatic rings. The Morgan fingerprint density at radius 3 is 2.58 bits per heavy atom. The van der Waals surface area contributed by atoms with Gasteiger partial charge in [-0.05, 0) is 30.7 Å². The molecule has 0 aliphatic carbocycles. The molecule has 1 unspecified atom stereocenters. The Balaban J connectivity index is 0. The largest absolute Gasteiger partial charge is 1.00 e. The van der Waals surface area contributed by atoms with E-state index in [0.717, 1.165) is 10.0 Å². The predicted molar refractivity (Wildman–Crippen MR) is 49.0 cm³/mol. The molecule has 1 N–H and O–H groups in total. The molecule has 0 amide bonds. The average molecular weight is 259 g/mol. The Morgan fingerprint density at radius 1 is 1.58 bits per heavy atom. The first kappa shape index (κ1) is 12.8. The molecule has 0 aromatic heterocycles. The molecule has 12 heavy (non-hydrogen) atoms. The quantitative estimate of drug-likeness (QED) is 0.543. The van der Waals surface area contributed by atoms with Crippen molar-refractivity contribution in [2.24, 2.45) is 0 Å². The third kappa shape index (κ3) is 3.28. The fraction of sp³-hybridized carbons (Fsp3) is 0.143. The minimum absolute atomic E-state index is 0. The van der Waals surface area contributed by atoms with Gasteiger partial charge in [0.1, 0.15) is 0 Å². The molecule has 0 fully saturated rings. The fourth-order valence-corrected chi connectivity index (χ4v) is 1.43. The van der Waals surface area contributed by atoms with Gasteiger partial charge >= 0.3 is 29.6 Å². The summed E-state index contributed by atoms with van der Waals surface area (Å²) < 4.78 is 20.2. The van der Waals surface area contributed by atoms with Gasteiger partial charge in [0.2, 0.25) is 0 Å². The van der Waals surface area contributed by atoms with Gasteiger partial charge in [0.15, 0.2) is 11.1 Å². The van der Waals surface area contributed by atoms with E-state index in [1.54, 1.807) is 18.2 Å². The molecule has 62 valence electrons. The van der Waals surface area contributed by atoms with Crippen molar-refractivity contribution in [1.82, 2.24) is 0 Å². The number of hydrogen-bond acceptors (Lipinski definition) is 1. The molecule has 0 saturated heterocycles. The summed E-state index contributed by atoms with van der Waals surface area (Å²) in [6, 6.07) is 5.06. The minimum atomic E-state index is -1.87. The Bertz CT molecular complexity index is 309. The number of rotatable bonds is 1. The van der Waals surface area contributed by atoms with E-state index in [-0.39, 0.29) is 31.0 Å².